The Morgan fingerprint density at radius 3 is 2.77 bits per heavy atom. The van der Waals surface area contributed by atoms with E-state index in [4.69, 9.17) is 16.0 Å². The molecule has 30 heavy (non-hydrogen) atoms. The molecule has 1 aliphatic rings. The van der Waals surface area contributed by atoms with Gasteiger partial charge in [-0.3, -0.25) is 4.79 Å². The number of halogens is 2. The topological polar surface area (TPSA) is 85.8 Å². The lowest BCUT2D eigenvalue weighted by Gasteiger charge is -2.22. The van der Waals surface area contributed by atoms with E-state index in [0.29, 0.717) is 28.7 Å². The van der Waals surface area contributed by atoms with Gasteiger partial charge in [-0.15, -0.1) is 10.2 Å². The highest BCUT2D eigenvalue weighted by Crippen LogP contribution is 2.41. The van der Waals surface area contributed by atoms with Crippen LogP contribution in [0, 0.1) is 12.7 Å². The maximum atomic E-state index is 14.2. The number of nitrogens with zero attached hydrogens (tertiary/aromatic N) is 4. The van der Waals surface area contributed by atoms with Gasteiger partial charge in [-0.2, -0.15) is 9.78 Å². The molecule has 1 unspecified atom stereocenters. The monoisotopic (exact) mass is 423 g/mol. The highest BCUT2D eigenvalue weighted by molar-refractivity contribution is 6.29. The van der Waals surface area contributed by atoms with Crippen molar-refractivity contribution in [2.75, 3.05) is 5.32 Å². The summed E-state index contributed by atoms with van der Waals surface area (Å²) < 4.78 is 21.7. The number of carbonyl (C=O) groups excluding carboxylic acids is 1. The molecule has 0 spiro atoms. The molecule has 9 heteroatoms. The summed E-state index contributed by atoms with van der Waals surface area (Å²) in [4.78, 5) is 12.5. The van der Waals surface area contributed by atoms with Gasteiger partial charge < -0.3 is 9.73 Å². The van der Waals surface area contributed by atoms with Crippen LogP contribution in [0.25, 0.3) is 17.1 Å². The lowest BCUT2D eigenvalue weighted by Crippen LogP contribution is -2.24. The fraction of sp³-hybridized carbons (Fsp3) is 0.143. The van der Waals surface area contributed by atoms with Crippen molar-refractivity contribution in [3.05, 3.63) is 76.5 Å². The van der Waals surface area contributed by atoms with Crippen molar-refractivity contribution in [3.63, 3.8) is 0 Å². The minimum Gasteiger partial charge on any atom is -0.460 e. The Labute approximate surface area is 175 Å². The molecule has 0 saturated carbocycles. The van der Waals surface area contributed by atoms with Gasteiger partial charge in [0.25, 0.3) is 0 Å². The van der Waals surface area contributed by atoms with Crippen LogP contribution in [0.3, 0.4) is 0 Å². The predicted molar refractivity (Wildman–Crippen MR) is 108 cm³/mol. The van der Waals surface area contributed by atoms with Gasteiger partial charge in [0.1, 0.15) is 23.2 Å². The van der Waals surface area contributed by atoms with Crippen LogP contribution in [0.4, 0.5) is 10.2 Å². The van der Waals surface area contributed by atoms with Crippen molar-refractivity contribution >= 4 is 23.3 Å². The summed E-state index contributed by atoms with van der Waals surface area (Å²) in [7, 11) is 0. The summed E-state index contributed by atoms with van der Waals surface area (Å²) in [5.41, 5.74) is 1.91. The Kier molecular flexibility index (Phi) is 4.36. The molecule has 1 atom stereocenters. The van der Waals surface area contributed by atoms with Crippen molar-refractivity contribution in [2.45, 2.75) is 19.3 Å². The molecule has 1 amide bonds. The summed E-state index contributed by atoms with van der Waals surface area (Å²) in [6.07, 6.45) is 0.191. The third kappa shape index (κ3) is 3.05. The Morgan fingerprint density at radius 1 is 1.17 bits per heavy atom. The zero-order chi connectivity index (χ0) is 20.8. The van der Waals surface area contributed by atoms with Crippen LogP contribution in [0.2, 0.25) is 5.15 Å². The molecule has 4 heterocycles. The lowest BCUT2D eigenvalue weighted by atomic mass is 9.90. The standard InChI is InChI=1S/C21H15ClFN5O2/c1-11-20-13(16-7-6-15(30-16)12-4-2-3-5-14(12)23)10-19(29)24-21(20)28(27-11)18-9-8-17(22)25-26-18/h2-9,13H,10H2,1H3,(H,24,29). The molecular weight excluding hydrogens is 409 g/mol. The number of benzene rings is 1. The second-order valence-corrected chi connectivity index (χ2v) is 7.35. The number of amides is 1. The molecule has 0 radical (unpaired) electrons. The van der Waals surface area contributed by atoms with Gasteiger partial charge in [-0.25, -0.2) is 4.39 Å². The van der Waals surface area contributed by atoms with Crippen LogP contribution < -0.4 is 5.32 Å². The molecule has 1 N–H and O–H groups in total. The normalized spacial score (nSPS) is 15.7. The maximum Gasteiger partial charge on any atom is 0.226 e. The molecule has 0 bridgehead atoms. The fourth-order valence-corrected chi connectivity index (χ4v) is 3.82. The second-order valence-electron chi connectivity index (χ2n) is 6.96. The van der Waals surface area contributed by atoms with E-state index in [0.717, 1.165) is 11.3 Å². The molecular formula is C21H15ClFN5O2. The molecule has 3 aromatic heterocycles. The van der Waals surface area contributed by atoms with E-state index in [1.807, 2.05) is 6.92 Å². The third-order valence-corrected chi connectivity index (χ3v) is 5.25. The number of rotatable bonds is 3. The first-order valence-electron chi connectivity index (χ1n) is 9.25. The SMILES string of the molecule is Cc1nn(-c2ccc(Cl)nn2)c2c1C(c1ccc(-c3ccccc3F)o1)CC(=O)N2. The van der Waals surface area contributed by atoms with Crippen LogP contribution in [0.15, 0.2) is 52.9 Å². The number of nitrogens with one attached hydrogen (secondary N) is 1. The number of furan rings is 1. The molecule has 150 valence electrons. The van der Waals surface area contributed by atoms with E-state index in [1.165, 1.54) is 10.7 Å². The minimum atomic E-state index is -0.370. The van der Waals surface area contributed by atoms with Crippen molar-refractivity contribution in [1.29, 1.82) is 0 Å². The molecule has 5 rings (SSSR count). The third-order valence-electron chi connectivity index (χ3n) is 5.05. The van der Waals surface area contributed by atoms with Gasteiger partial charge in [0, 0.05) is 12.0 Å². The molecule has 7 nitrogen and oxygen atoms in total. The predicted octanol–water partition coefficient (Wildman–Crippen LogP) is 4.50. The molecule has 1 aromatic carbocycles. The Balaban J connectivity index is 1.59. The van der Waals surface area contributed by atoms with E-state index < -0.39 is 0 Å². The maximum absolute atomic E-state index is 14.2. The number of hydrogen-bond donors (Lipinski definition) is 1. The number of carbonyl (C=O) groups is 1. The summed E-state index contributed by atoms with van der Waals surface area (Å²) in [6.45, 7) is 1.85. The van der Waals surface area contributed by atoms with Gasteiger partial charge in [0.15, 0.2) is 11.0 Å². The van der Waals surface area contributed by atoms with Gasteiger partial charge >= 0.3 is 0 Å². The summed E-state index contributed by atoms with van der Waals surface area (Å²) in [5, 5.41) is 15.6. The zero-order valence-corrected chi connectivity index (χ0v) is 16.5. The van der Waals surface area contributed by atoms with Crippen molar-refractivity contribution < 1.29 is 13.6 Å². The molecule has 0 fully saturated rings. The Bertz CT molecular complexity index is 1260. The second kappa shape index (κ2) is 7.07. The average Bonchev–Trinajstić information content (AvgIpc) is 3.34. The van der Waals surface area contributed by atoms with Gasteiger partial charge in [0.2, 0.25) is 5.91 Å². The van der Waals surface area contributed by atoms with E-state index in [9.17, 15) is 9.18 Å². The molecule has 0 aliphatic carbocycles. The summed E-state index contributed by atoms with van der Waals surface area (Å²) >= 11 is 5.83. The highest BCUT2D eigenvalue weighted by atomic mass is 35.5. The molecule has 0 saturated heterocycles. The Hall–Kier alpha value is -3.52. The highest BCUT2D eigenvalue weighted by Gasteiger charge is 2.35. The van der Waals surface area contributed by atoms with Crippen LogP contribution >= 0.6 is 11.6 Å². The first-order chi connectivity index (χ1) is 14.5. The number of hydrogen-bond acceptors (Lipinski definition) is 5. The van der Waals surface area contributed by atoms with Crippen molar-refractivity contribution in [2.24, 2.45) is 0 Å². The van der Waals surface area contributed by atoms with E-state index >= 15 is 0 Å². The summed E-state index contributed by atoms with van der Waals surface area (Å²) in [6, 6.07) is 13.2. The molecule has 1 aliphatic heterocycles. The van der Waals surface area contributed by atoms with Gasteiger partial charge in [0.05, 0.1) is 17.2 Å². The number of aromatic nitrogens is 4. The van der Waals surface area contributed by atoms with E-state index in [1.54, 1.807) is 42.5 Å². The largest absolute Gasteiger partial charge is 0.460 e. The number of fused-ring (bicyclic) bond motifs is 1. The molecule has 4 aromatic rings. The zero-order valence-electron chi connectivity index (χ0n) is 15.8. The fourth-order valence-electron chi connectivity index (χ4n) is 3.72. The number of anilines is 1. The smallest absolute Gasteiger partial charge is 0.226 e. The number of aryl methyl sites for hydroxylation is 1. The van der Waals surface area contributed by atoms with E-state index in [2.05, 4.69) is 20.6 Å². The van der Waals surface area contributed by atoms with Crippen molar-refractivity contribution in [1.82, 2.24) is 20.0 Å². The van der Waals surface area contributed by atoms with E-state index in [-0.39, 0.29) is 29.2 Å². The van der Waals surface area contributed by atoms with Gasteiger partial charge in [-0.05, 0) is 43.3 Å². The van der Waals surface area contributed by atoms with Crippen LogP contribution in [0.1, 0.15) is 29.4 Å². The lowest BCUT2D eigenvalue weighted by molar-refractivity contribution is -0.116. The summed E-state index contributed by atoms with van der Waals surface area (Å²) in [5.74, 6) is 0.998. The van der Waals surface area contributed by atoms with Gasteiger partial charge in [-0.1, -0.05) is 23.7 Å². The van der Waals surface area contributed by atoms with Crippen molar-refractivity contribution in [3.8, 4) is 17.1 Å². The van der Waals surface area contributed by atoms with Crippen LogP contribution in [0.5, 0.6) is 0 Å². The average molecular weight is 424 g/mol. The minimum absolute atomic E-state index is 0.181. The quantitative estimate of drug-likeness (QED) is 0.524. The first-order valence-corrected chi connectivity index (χ1v) is 9.62. The van der Waals surface area contributed by atoms with Crippen LogP contribution in [-0.4, -0.2) is 25.9 Å². The van der Waals surface area contributed by atoms with Crippen LogP contribution in [-0.2, 0) is 4.79 Å². The first kappa shape index (κ1) is 18.5. The Morgan fingerprint density at radius 2 is 2.00 bits per heavy atom.